The quantitative estimate of drug-likeness (QED) is 0.836. The van der Waals surface area contributed by atoms with Crippen LogP contribution in [0.15, 0.2) is 12.4 Å². The van der Waals surface area contributed by atoms with Crippen molar-refractivity contribution in [3.05, 3.63) is 18.1 Å². The van der Waals surface area contributed by atoms with Gasteiger partial charge in [-0.1, -0.05) is 13.3 Å². The molecule has 0 aliphatic carbocycles. The van der Waals surface area contributed by atoms with Crippen LogP contribution in [0.1, 0.15) is 32.9 Å². The summed E-state index contributed by atoms with van der Waals surface area (Å²) in [5.41, 5.74) is 0.804. The van der Waals surface area contributed by atoms with Gasteiger partial charge < -0.3 is 14.4 Å². The molecule has 1 aliphatic rings. The van der Waals surface area contributed by atoms with E-state index in [0.29, 0.717) is 12.4 Å². The van der Waals surface area contributed by atoms with E-state index in [-0.39, 0.29) is 11.7 Å². The van der Waals surface area contributed by atoms with E-state index < -0.39 is 0 Å². The summed E-state index contributed by atoms with van der Waals surface area (Å²) in [6, 6.07) is 2.12. The van der Waals surface area contributed by atoms with E-state index in [9.17, 15) is 0 Å². The maximum absolute atomic E-state index is 6.11. The predicted octanol–water partition coefficient (Wildman–Crippen LogP) is 1.71. The maximum Gasteiger partial charge on any atom is 0.254 e. The second-order valence-electron chi connectivity index (χ2n) is 6.66. The summed E-state index contributed by atoms with van der Waals surface area (Å²) in [7, 11) is 1.71. The summed E-state index contributed by atoms with van der Waals surface area (Å²) in [5.74, 6) is 1.67. The number of aromatic nitrogens is 4. The lowest BCUT2D eigenvalue weighted by Crippen LogP contribution is -2.54. The molecule has 0 saturated carbocycles. The van der Waals surface area contributed by atoms with Crippen LogP contribution < -0.4 is 4.90 Å². The number of hydrogen-bond donors (Lipinski definition) is 0. The zero-order valence-electron chi connectivity index (χ0n) is 14.3. The third kappa shape index (κ3) is 3.45. The number of aryl methyl sites for hydroxylation is 1. The van der Waals surface area contributed by atoms with Crippen LogP contribution in [0, 0.1) is 0 Å². The van der Waals surface area contributed by atoms with Crippen molar-refractivity contribution in [1.82, 2.24) is 19.6 Å². The second-order valence-corrected chi connectivity index (χ2v) is 6.66. The van der Waals surface area contributed by atoms with Crippen LogP contribution in [0.3, 0.4) is 0 Å². The highest BCUT2D eigenvalue weighted by Crippen LogP contribution is 2.27. The number of nitrogens with zero attached hydrogens (tertiary/aromatic N) is 5. The average Bonchev–Trinajstić information content (AvgIpc) is 2.93. The van der Waals surface area contributed by atoms with Gasteiger partial charge in [0.15, 0.2) is 0 Å². The third-order valence-corrected chi connectivity index (χ3v) is 3.95. The molecular weight excluding hydrogens is 294 g/mol. The summed E-state index contributed by atoms with van der Waals surface area (Å²) < 4.78 is 13.2. The molecular formula is C16H25N5O2. The number of anilines is 1. The van der Waals surface area contributed by atoms with E-state index in [0.717, 1.165) is 37.4 Å². The van der Waals surface area contributed by atoms with Crippen molar-refractivity contribution >= 4 is 11.6 Å². The minimum Gasteiger partial charge on any atom is -0.382 e. The summed E-state index contributed by atoms with van der Waals surface area (Å²) in [6.45, 7) is 8.50. The Balaban J connectivity index is 1.98. The van der Waals surface area contributed by atoms with Crippen molar-refractivity contribution in [3.63, 3.8) is 0 Å². The number of fused-ring (bicyclic) bond motifs is 1. The molecule has 0 spiro atoms. The fraction of sp³-hybridized carbons (Fsp3) is 0.688. The fourth-order valence-corrected chi connectivity index (χ4v) is 3.20. The number of hydrogen-bond acceptors (Lipinski definition) is 6. The molecule has 2 aromatic rings. The first-order valence-electron chi connectivity index (χ1n) is 8.14. The predicted molar refractivity (Wildman–Crippen MR) is 87.8 cm³/mol. The van der Waals surface area contributed by atoms with Crippen LogP contribution in [0.5, 0.6) is 0 Å². The number of morpholine rings is 1. The van der Waals surface area contributed by atoms with E-state index in [1.807, 2.05) is 4.52 Å². The van der Waals surface area contributed by atoms with Crippen LogP contribution in [-0.4, -0.2) is 58.1 Å². The summed E-state index contributed by atoms with van der Waals surface area (Å²) in [5, 5.41) is 4.34. The third-order valence-electron chi connectivity index (χ3n) is 3.95. The fourth-order valence-electron chi connectivity index (χ4n) is 3.20. The molecule has 1 fully saturated rings. The Morgan fingerprint density at radius 3 is 3.00 bits per heavy atom. The van der Waals surface area contributed by atoms with Gasteiger partial charge in [-0.25, -0.2) is 4.98 Å². The van der Waals surface area contributed by atoms with Gasteiger partial charge in [-0.3, -0.25) is 0 Å². The van der Waals surface area contributed by atoms with Gasteiger partial charge in [0.25, 0.3) is 5.78 Å². The molecule has 3 rings (SSSR count). The number of ether oxygens (including phenoxy) is 2. The van der Waals surface area contributed by atoms with Crippen LogP contribution in [0.25, 0.3) is 5.78 Å². The lowest BCUT2D eigenvalue weighted by molar-refractivity contribution is -0.106. The van der Waals surface area contributed by atoms with E-state index in [1.165, 1.54) is 0 Å². The molecule has 1 aliphatic heterocycles. The zero-order valence-corrected chi connectivity index (χ0v) is 14.3. The van der Waals surface area contributed by atoms with Crippen molar-refractivity contribution in [2.45, 2.75) is 45.3 Å². The molecule has 0 radical (unpaired) electrons. The standard InChI is InChI=1S/C16H25N5O2/c1-5-6-12-7-14(21-15(19-12)17-11-18-21)20-8-13(9-22-4)23-16(2,3)10-20/h7,11,13H,5-6,8-10H2,1-4H3/t13-/m0/s1. The van der Waals surface area contributed by atoms with Gasteiger partial charge in [0.05, 0.1) is 18.3 Å². The van der Waals surface area contributed by atoms with Crippen LogP contribution in [-0.2, 0) is 15.9 Å². The minimum absolute atomic E-state index is 0.0325. The average molecular weight is 319 g/mol. The molecule has 0 bridgehead atoms. The molecule has 23 heavy (non-hydrogen) atoms. The first-order valence-corrected chi connectivity index (χ1v) is 8.14. The minimum atomic E-state index is -0.247. The van der Waals surface area contributed by atoms with Gasteiger partial charge >= 0.3 is 0 Å². The first-order chi connectivity index (χ1) is 11.0. The molecule has 0 unspecified atom stereocenters. The first kappa shape index (κ1) is 16.1. The monoisotopic (exact) mass is 319 g/mol. The molecule has 1 saturated heterocycles. The highest BCUT2D eigenvalue weighted by Gasteiger charge is 2.34. The molecule has 3 heterocycles. The van der Waals surface area contributed by atoms with E-state index in [2.05, 4.69) is 46.8 Å². The Kier molecular flexibility index (Phi) is 4.50. The van der Waals surface area contributed by atoms with Crippen molar-refractivity contribution in [1.29, 1.82) is 0 Å². The Morgan fingerprint density at radius 2 is 2.26 bits per heavy atom. The molecule has 126 valence electrons. The van der Waals surface area contributed by atoms with E-state index in [1.54, 1.807) is 13.4 Å². The lowest BCUT2D eigenvalue weighted by atomic mass is 10.1. The van der Waals surface area contributed by atoms with Gasteiger partial charge in [-0.2, -0.15) is 14.6 Å². The van der Waals surface area contributed by atoms with Crippen LogP contribution in [0.2, 0.25) is 0 Å². The Bertz CT molecular complexity index is 670. The Morgan fingerprint density at radius 1 is 1.43 bits per heavy atom. The Hall–Kier alpha value is -1.73. The lowest BCUT2D eigenvalue weighted by Gasteiger charge is -2.43. The van der Waals surface area contributed by atoms with Crippen molar-refractivity contribution < 1.29 is 9.47 Å². The van der Waals surface area contributed by atoms with E-state index >= 15 is 0 Å². The van der Waals surface area contributed by atoms with Gasteiger partial charge in [0.1, 0.15) is 12.1 Å². The molecule has 0 amide bonds. The summed E-state index contributed by atoms with van der Waals surface area (Å²) >= 11 is 0. The molecule has 0 N–H and O–H groups in total. The highest BCUT2D eigenvalue weighted by molar-refractivity contribution is 5.48. The molecule has 0 aromatic carbocycles. The van der Waals surface area contributed by atoms with Gasteiger partial charge in [-0.05, 0) is 20.3 Å². The number of rotatable bonds is 5. The zero-order chi connectivity index (χ0) is 16.4. The maximum atomic E-state index is 6.11. The largest absolute Gasteiger partial charge is 0.382 e. The van der Waals surface area contributed by atoms with Crippen molar-refractivity contribution in [2.24, 2.45) is 0 Å². The smallest absolute Gasteiger partial charge is 0.254 e. The number of methoxy groups -OCH3 is 1. The Labute approximate surface area is 136 Å². The van der Waals surface area contributed by atoms with Crippen molar-refractivity contribution in [2.75, 3.05) is 31.7 Å². The molecule has 7 heteroatoms. The van der Waals surface area contributed by atoms with Gasteiger partial charge in [-0.15, -0.1) is 0 Å². The molecule has 7 nitrogen and oxygen atoms in total. The molecule has 2 aromatic heterocycles. The van der Waals surface area contributed by atoms with Crippen LogP contribution >= 0.6 is 0 Å². The normalized spacial score (nSPS) is 21.0. The second kappa shape index (κ2) is 6.41. The highest BCUT2D eigenvalue weighted by atomic mass is 16.5. The molecule has 1 atom stereocenters. The van der Waals surface area contributed by atoms with E-state index in [4.69, 9.17) is 9.47 Å². The summed E-state index contributed by atoms with van der Waals surface area (Å²) in [4.78, 5) is 11.1. The van der Waals surface area contributed by atoms with Gasteiger partial charge in [0, 0.05) is 32.0 Å². The van der Waals surface area contributed by atoms with Crippen molar-refractivity contribution in [3.8, 4) is 0 Å². The van der Waals surface area contributed by atoms with Crippen LogP contribution in [0.4, 0.5) is 5.82 Å². The topological polar surface area (TPSA) is 64.8 Å². The SMILES string of the molecule is CCCc1cc(N2C[C@@H](COC)OC(C)(C)C2)n2ncnc2n1. The van der Waals surface area contributed by atoms with Gasteiger partial charge in [0.2, 0.25) is 0 Å². The summed E-state index contributed by atoms with van der Waals surface area (Å²) in [6.07, 6.45) is 3.58.